The largest absolute Gasteiger partial charge is 0.469 e. The van der Waals surface area contributed by atoms with E-state index in [-0.39, 0.29) is 34.8 Å². The summed E-state index contributed by atoms with van der Waals surface area (Å²) in [6.07, 6.45) is -0.378. The molecule has 146 valence electrons. The molecule has 2 N–H and O–H groups in total. The van der Waals surface area contributed by atoms with E-state index in [1.165, 1.54) is 26.4 Å². The molecule has 1 aromatic carbocycles. The summed E-state index contributed by atoms with van der Waals surface area (Å²) in [5.74, 6) is -3.25. The molecule has 0 spiro atoms. The molecule has 28 heavy (non-hydrogen) atoms. The fourth-order valence-electron chi connectivity index (χ4n) is 2.75. The van der Waals surface area contributed by atoms with Crippen LogP contribution in [0.2, 0.25) is 0 Å². The Balaban J connectivity index is 2.63. The molecule has 0 radical (unpaired) electrons. The van der Waals surface area contributed by atoms with Crippen molar-refractivity contribution >= 4 is 17.9 Å². The minimum Gasteiger partial charge on any atom is -0.469 e. The average molecular weight is 386 g/mol. The molecule has 0 saturated carbocycles. The zero-order valence-corrected chi connectivity index (χ0v) is 15.5. The fraction of sp³-hybridized carbons (Fsp3) is 0.263. The van der Waals surface area contributed by atoms with Gasteiger partial charge >= 0.3 is 17.9 Å². The van der Waals surface area contributed by atoms with E-state index >= 15 is 0 Å². The van der Waals surface area contributed by atoms with Crippen molar-refractivity contribution < 1.29 is 33.3 Å². The SMILES string of the molecule is COC(=O)CC1=C(C(=O)OC)[C@@H](c2ccc(C(=O)OC)cc2)C(C#N)=C(N)O1. The van der Waals surface area contributed by atoms with Crippen molar-refractivity contribution in [2.75, 3.05) is 21.3 Å². The van der Waals surface area contributed by atoms with Crippen LogP contribution < -0.4 is 5.73 Å². The number of allylic oxidation sites excluding steroid dienone is 1. The normalized spacial score (nSPS) is 16.0. The predicted molar refractivity (Wildman–Crippen MR) is 94.1 cm³/mol. The molecule has 1 aliphatic heterocycles. The number of hydrogen-bond donors (Lipinski definition) is 1. The minimum absolute atomic E-state index is 0.0279. The number of methoxy groups -OCH3 is 3. The van der Waals surface area contributed by atoms with Gasteiger partial charge in [0.1, 0.15) is 23.8 Å². The van der Waals surface area contributed by atoms with Gasteiger partial charge < -0.3 is 24.7 Å². The van der Waals surface area contributed by atoms with Crippen molar-refractivity contribution in [3.05, 3.63) is 58.2 Å². The van der Waals surface area contributed by atoms with Gasteiger partial charge in [0.05, 0.1) is 38.4 Å². The van der Waals surface area contributed by atoms with Crippen molar-refractivity contribution in [3.8, 4) is 6.07 Å². The van der Waals surface area contributed by atoms with Crippen molar-refractivity contribution in [2.45, 2.75) is 12.3 Å². The van der Waals surface area contributed by atoms with E-state index < -0.39 is 23.8 Å². The zero-order chi connectivity index (χ0) is 20.8. The van der Waals surface area contributed by atoms with Crippen molar-refractivity contribution in [2.24, 2.45) is 5.73 Å². The second kappa shape index (κ2) is 8.73. The van der Waals surface area contributed by atoms with Gasteiger partial charge in [-0.2, -0.15) is 5.26 Å². The van der Waals surface area contributed by atoms with Gasteiger partial charge in [0, 0.05) is 0 Å². The lowest BCUT2D eigenvalue weighted by atomic mass is 9.82. The van der Waals surface area contributed by atoms with E-state index in [9.17, 15) is 19.6 Å². The van der Waals surface area contributed by atoms with E-state index in [0.29, 0.717) is 5.56 Å². The molecule has 0 amide bonds. The molecule has 9 nitrogen and oxygen atoms in total. The molecular formula is C19H18N2O7. The van der Waals surface area contributed by atoms with Gasteiger partial charge in [-0.25, -0.2) is 9.59 Å². The first-order valence-corrected chi connectivity index (χ1v) is 8.01. The van der Waals surface area contributed by atoms with Gasteiger partial charge in [-0.05, 0) is 17.7 Å². The number of nitriles is 1. The first-order chi connectivity index (χ1) is 13.4. The number of esters is 3. The van der Waals surface area contributed by atoms with Crippen molar-refractivity contribution in [1.29, 1.82) is 5.26 Å². The quantitative estimate of drug-likeness (QED) is 0.585. The Labute approximate surface area is 160 Å². The molecule has 9 heteroatoms. The number of benzene rings is 1. The molecule has 0 fully saturated rings. The Hall–Kier alpha value is -3.80. The molecule has 1 heterocycles. The second-order valence-corrected chi connectivity index (χ2v) is 5.62. The summed E-state index contributed by atoms with van der Waals surface area (Å²) < 4.78 is 19.5. The fourth-order valence-corrected chi connectivity index (χ4v) is 2.75. The molecule has 0 unspecified atom stereocenters. The molecule has 1 aliphatic rings. The van der Waals surface area contributed by atoms with Gasteiger partial charge in [0.15, 0.2) is 0 Å². The average Bonchev–Trinajstić information content (AvgIpc) is 2.72. The highest BCUT2D eigenvalue weighted by Crippen LogP contribution is 2.40. The molecule has 2 rings (SSSR count). The third-order valence-electron chi connectivity index (χ3n) is 4.10. The van der Waals surface area contributed by atoms with Crippen LogP contribution in [0.25, 0.3) is 0 Å². The Morgan fingerprint density at radius 2 is 1.68 bits per heavy atom. The summed E-state index contributed by atoms with van der Waals surface area (Å²) in [6.45, 7) is 0. The molecular weight excluding hydrogens is 368 g/mol. The maximum absolute atomic E-state index is 12.5. The monoisotopic (exact) mass is 386 g/mol. The van der Waals surface area contributed by atoms with Gasteiger partial charge in [-0.1, -0.05) is 12.1 Å². The van der Waals surface area contributed by atoms with E-state index in [4.69, 9.17) is 15.2 Å². The van der Waals surface area contributed by atoms with Gasteiger partial charge in [0.25, 0.3) is 0 Å². The third-order valence-corrected chi connectivity index (χ3v) is 4.10. The van der Waals surface area contributed by atoms with E-state index in [2.05, 4.69) is 9.47 Å². The summed E-state index contributed by atoms with van der Waals surface area (Å²) in [6, 6.07) is 7.99. The summed E-state index contributed by atoms with van der Waals surface area (Å²) in [4.78, 5) is 35.8. The van der Waals surface area contributed by atoms with Gasteiger partial charge in [-0.3, -0.25) is 4.79 Å². The first kappa shape index (κ1) is 20.5. The molecule has 0 saturated heterocycles. The summed E-state index contributed by atoms with van der Waals surface area (Å²) in [7, 11) is 3.60. The third kappa shape index (κ3) is 3.96. The maximum Gasteiger partial charge on any atom is 0.338 e. The molecule has 0 aromatic heterocycles. The maximum atomic E-state index is 12.5. The lowest BCUT2D eigenvalue weighted by molar-refractivity contribution is -0.140. The first-order valence-electron chi connectivity index (χ1n) is 8.01. The Morgan fingerprint density at radius 1 is 1.07 bits per heavy atom. The number of hydrogen-bond acceptors (Lipinski definition) is 9. The lowest BCUT2D eigenvalue weighted by Crippen LogP contribution is -2.27. The topological polar surface area (TPSA) is 138 Å². The van der Waals surface area contributed by atoms with Crippen LogP contribution in [0.15, 0.2) is 47.1 Å². The van der Waals surface area contributed by atoms with E-state index in [1.54, 1.807) is 12.1 Å². The molecule has 0 aliphatic carbocycles. The van der Waals surface area contributed by atoms with Crippen LogP contribution >= 0.6 is 0 Å². The van der Waals surface area contributed by atoms with Gasteiger partial charge in [-0.15, -0.1) is 0 Å². The Bertz CT molecular complexity index is 907. The van der Waals surface area contributed by atoms with Crippen LogP contribution in [-0.2, 0) is 28.5 Å². The van der Waals surface area contributed by atoms with Crippen molar-refractivity contribution in [1.82, 2.24) is 0 Å². The van der Waals surface area contributed by atoms with Crippen LogP contribution in [0.1, 0.15) is 28.3 Å². The number of ether oxygens (including phenoxy) is 4. The highest BCUT2D eigenvalue weighted by atomic mass is 16.5. The predicted octanol–water partition coefficient (Wildman–Crippen LogP) is 1.27. The van der Waals surface area contributed by atoms with Crippen LogP contribution in [0.3, 0.4) is 0 Å². The van der Waals surface area contributed by atoms with E-state index in [1.807, 2.05) is 6.07 Å². The number of rotatable bonds is 5. The molecule has 0 bridgehead atoms. The lowest BCUT2D eigenvalue weighted by Gasteiger charge is -2.27. The Kier molecular flexibility index (Phi) is 6.39. The smallest absolute Gasteiger partial charge is 0.338 e. The number of nitrogens with zero attached hydrogens (tertiary/aromatic N) is 1. The molecule has 1 atom stereocenters. The summed E-state index contributed by atoms with van der Waals surface area (Å²) in [5, 5.41) is 9.55. The molecule has 1 aromatic rings. The number of carbonyl (C=O) groups is 3. The highest BCUT2D eigenvalue weighted by molar-refractivity contribution is 5.94. The van der Waals surface area contributed by atoms with Crippen LogP contribution in [0.4, 0.5) is 0 Å². The number of carbonyl (C=O) groups excluding carboxylic acids is 3. The number of nitrogens with two attached hydrogens (primary N) is 1. The minimum atomic E-state index is -0.947. The summed E-state index contributed by atoms with van der Waals surface area (Å²) in [5.41, 5.74) is 6.53. The summed E-state index contributed by atoms with van der Waals surface area (Å²) >= 11 is 0. The standard InChI is InChI=1S/C19H18N2O7/c1-25-14(22)8-13-16(19(24)27-3)15(12(9-20)17(21)28-13)10-4-6-11(7-5-10)18(23)26-2/h4-7,15H,8,21H2,1-3H3/t15-/m0/s1. The van der Waals surface area contributed by atoms with E-state index in [0.717, 1.165) is 7.11 Å². The zero-order valence-electron chi connectivity index (χ0n) is 15.5. The van der Waals surface area contributed by atoms with Crippen molar-refractivity contribution in [3.63, 3.8) is 0 Å². The van der Waals surface area contributed by atoms with Gasteiger partial charge in [0.2, 0.25) is 5.88 Å². The van der Waals surface area contributed by atoms with Crippen LogP contribution in [0, 0.1) is 11.3 Å². The highest BCUT2D eigenvalue weighted by Gasteiger charge is 2.38. The van der Waals surface area contributed by atoms with Crippen LogP contribution in [0.5, 0.6) is 0 Å². The van der Waals surface area contributed by atoms with Crippen LogP contribution in [-0.4, -0.2) is 39.2 Å². The Morgan fingerprint density at radius 3 is 2.18 bits per heavy atom. The second-order valence-electron chi connectivity index (χ2n) is 5.62.